The molecule has 5 nitrogen and oxygen atoms in total. The van der Waals surface area contributed by atoms with E-state index in [4.69, 9.17) is 0 Å². The maximum absolute atomic E-state index is 12.8. The molecule has 2 heterocycles. The molecule has 3 atom stereocenters. The van der Waals surface area contributed by atoms with Crippen molar-refractivity contribution in [2.45, 2.75) is 58.9 Å². The summed E-state index contributed by atoms with van der Waals surface area (Å²) in [5.74, 6) is 0.662. The molecule has 1 aliphatic heterocycles. The standard InChI is InChI=1S/C20H31N3O2S/c1-14-10-16(12-20(2,3)11-14)21-18(24)15-6-4-8-23(13-15)19(25)22-17-7-5-9-26-17/h5,7,9,14-16H,4,6,8,10-13H2,1-3H3,(H,21,24)(H,22,25). The second-order valence-electron chi connectivity index (χ2n) is 8.81. The average molecular weight is 378 g/mol. The van der Waals surface area contributed by atoms with Gasteiger partial charge in [-0.25, -0.2) is 4.79 Å². The molecule has 0 radical (unpaired) electrons. The van der Waals surface area contributed by atoms with Crippen LogP contribution in [0.4, 0.5) is 9.80 Å². The molecule has 1 saturated heterocycles. The lowest BCUT2D eigenvalue weighted by Crippen LogP contribution is -2.50. The van der Waals surface area contributed by atoms with Crippen LogP contribution in [0.25, 0.3) is 0 Å². The number of amides is 3. The second-order valence-corrected chi connectivity index (χ2v) is 9.76. The van der Waals surface area contributed by atoms with Gasteiger partial charge in [-0.3, -0.25) is 10.1 Å². The molecule has 26 heavy (non-hydrogen) atoms. The van der Waals surface area contributed by atoms with Crippen LogP contribution in [0.2, 0.25) is 0 Å². The Bertz CT molecular complexity index is 629. The lowest BCUT2D eigenvalue weighted by molar-refractivity contribution is -0.127. The van der Waals surface area contributed by atoms with Gasteiger partial charge in [0, 0.05) is 19.1 Å². The highest BCUT2D eigenvalue weighted by atomic mass is 32.1. The second kappa shape index (κ2) is 7.99. The predicted molar refractivity (Wildman–Crippen MR) is 106 cm³/mol. The molecule has 0 aromatic carbocycles. The van der Waals surface area contributed by atoms with E-state index in [1.165, 1.54) is 17.8 Å². The Balaban J connectivity index is 1.53. The van der Waals surface area contributed by atoms with Crippen molar-refractivity contribution >= 4 is 28.3 Å². The Morgan fingerprint density at radius 3 is 2.81 bits per heavy atom. The van der Waals surface area contributed by atoms with Gasteiger partial charge < -0.3 is 10.2 Å². The fourth-order valence-electron chi connectivity index (χ4n) is 4.68. The topological polar surface area (TPSA) is 61.4 Å². The number of anilines is 1. The zero-order valence-corrected chi connectivity index (χ0v) is 16.9. The van der Waals surface area contributed by atoms with Crippen molar-refractivity contribution in [2.24, 2.45) is 17.3 Å². The third kappa shape index (κ3) is 5.00. The summed E-state index contributed by atoms with van der Waals surface area (Å²) in [4.78, 5) is 27.0. The van der Waals surface area contributed by atoms with Crippen molar-refractivity contribution in [3.8, 4) is 0 Å². The molecule has 2 fully saturated rings. The first-order chi connectivity index (χ1) is 12.3. The van der Waals surface area contributed by atoms with Gasteiger partial charge >= 0.3 is 6.03 Å². The number of rotatable bonds is 3. The van der Waals surface area contributed by atoms with E-state index < -0.39 is 0 Å². The number of carbonyl (C=O) groups excluding carboxylic acids is 2. The van der Waals surface area contributed by atoms with Gasteiger partial charge in [0.15, 0.2) is 0 Å². The number of likely N-dealkylation sites (tertiary alicyclic amines) is 1. The number of hydrogen-bond donors (Lipinski definition) is 2. The van der Waals surface area contributed by atoms with Gasteiger partial charge in [0.1, 0.15) is 0 Å². The minimum absolute atomic E-state index is 0.0989. The zero-order valence-electron chi connectivity index (χ0n) is 16.1. The molecule has 2 N–H and O–H groups in total. The number of urea groups is 1. The highest BCUT2D eigenvalue weighted by Gasteiger charge is 2.35. The number of piperidine rings is 1. The Labute approximate surface area is 160 Å². The van der Waals surface area contributed by atoms with E-state index in [0.717, 1.165) is 30.7 Å². The summed E-state index contributed by atoms with van der Waals surface area (Å²) >= 11 is 1.51. The molecule has 0 bridgehead atoms. The van der Waals surface area contributed by atoms with Crippen LogP contribution >= 0.6 is 11.3 Å². The summed E-state index contributed by atoms with van der Waals surface area (Å²) < 4.78 is 0. The van der Waals surface area contributed by atoms with Gasteiger partial charge in [-0.05, 0) is 60.9 Å². The summed E-state index contributed by atoms with van der Waals surface area (Å²) in [7, 11) is 0. The lowest BCUT2D eigenvalue weighted by atomic mass is 9.70. The summed E-state index contributed by atoms with van der Waals surface area (Å²) in [6.45, 7) is 8.08. The van der Waals surface area contributed by atoms with E-state index in [1.54, 1.807) is 4.90 Å². The van der Waals surface area contributed by atoms with Crippen LogP contribution in [-0.4, -0.2) is 36.0 Å². The van der Waals surface area contributed by atoms with Gasteiger partial charge in [0.25, 0.3) is 0 Å². The zero-order chi connectivity index (χ0) is 18.7. The number of nitrogens with one attached hydrogen (secondary N) is 2. The van der Waals surface area contributed by atoms with Crippen molar-refractivity contribution in [1.29, 1.82) is 0 Å². The van der Waals surface area contributed by atoms with E-state index in [9.17, 15) is 9.59 Å². The maximum Gasteiger partial charge on any atom is 0.322 e. The molecule has 3 rings (SSSR count). The minimum atomic E-state index is -0.0997. The molecule has 1 saturated carbocycles. The first-order valence-electron chi connectivity index (χ1n) is 9.72. The Morgan fingerprint density at radius 2 is 2.12 bits per heavy atom. The fraction of sp³-hybridized carbons (Fsp3) is 0.700. The molecular weight excluding hydrogens is 346 g/mol. The number of thiophene rings is 1. The highest BCUT2D eigenvalue weighted by molar-refractivity contribution is 7.14. The molecule has 6 heteroatoms. The van der Waals surface area contributed by atoms with Crippen LogP contribution in [0.3, 0.4) is 0 Å². The monoisotopic (exact) mass is 377 g/mol. The minimum Gasteiger partial charge on any atom is -0.353 e. The summed E-state index contributed by atoms with van der Waals surface area (Å²) in [5, 5.41) is 8.99. The number of carbonyl (C=O) groups is 2. The van der Waals surface area contributed by atoms with Crippen molar-refractivity contribution in [2.75, 3.05) is 18.4 Å². The molecule has 144 valence electrons. The third-order valence-corrected chi connectivity index (χ3v) is 6.35. The van der Waals surface area contributed by atoms with Crippen LogP contribution in [0.1, 0.15) is 52.9 Å². The van der Waals surface area contributed by atoms with Crippen molar-refractivity contribution < 1.29 is 9.59 Å². The predicted octanol–water partition coefficient (Wildman–Crippen LogP) is 4.32. The van der Waals surface area contributed by atoms with Crippen LogP contribution in [-0.2, 0) is 4.79 Å². The number of hydrogen-bond acceptors (Lipinski definition) is 3. The molecule has 2 aliphatic rings. The Kier molecular flexibility index (Phi) is 5.90. The van der Waals surface area contributed by atoms with Crippen molar-refractivity contribution in [3.05, 3.63) is 17.5 Å². The first-order valence-corrected chi connectivity index (χ1v) is 10.6. The highest BCUT2D eigenvalue weighted by Crippen LogP contribution is 2.38. The Morgan fingerprint density at radius 1 is 1.31 bits per heavy atom. The smallest absolute Gasteiger partial charge is 0.322 e. The van der Waals surface area contributed by atoms with E-state index >= 15 is 0 Å². The SMILES string of the molecule is CC1CC(NC(=O)C2CCCN(C(=O)Nc3cccs3)C2)CC(C)(C)C1. The van der Waals surface area contributed by atoms with Gasteiger partial charge in [0.2, 0.25) is 5.91 Å². The van der Waals surface area contributed by atoms with E-state index in [0.29, 0.717) is 19.0 Å². The van der Waals surface area contributed by atoms with Gasteiger partial charge in [-0.2, -0.15) is 0 Å². The van der Waals surface area contributed by atoms with Gasteiger partial charge in [-0.15, -0.1) is 11.3 Å². The largest absolute Gasteiger partial charge is 0.353 e. The average Bonchev–Trinajstić information content (AvgIpc) is 3.06. The third-order valence-electron chi connectivity index (χ3n) is 5.56. The van der Waals surface area contributed by atoms with Crippen LogP contribution in [0.15, 0.2) is 17.5 Å². The summed E-state index contributed by atoms with van der Waals surface area (Å²) in [6, 6.07) is 3.97. The summed E-state index contributed by atoms with van der Waals surface area (Å²) in [6.07, 6.45) is 5.06. The van der Waals surface area contributed by atoms with Crippen LogP contribution < -0.4 is 10.6 Å². The van der Waals surface area contributed by atoms with E-state index in [2.05, 4.69) is 31.4 Å². The normalized spacial score (nSPS) is 28.4. The van der Waals surface area contributed by atoms with Crippen molar-refractivity contribution in [3.63, 3.8) is 0 Å². The van der Waals surface area contributed by atoms with Crippen LogP contribution in [0.5, 0.6) is 0 Å². The molecule has 3 unspecified atom stereocenters. The molecule has 1 aliphatic carbocycles. The molecule has 1 aromatic rings. The molecule has 1 aromatic heterocycles. The van der Waals surface area contributed by atoms with Gasteiger partial charge in [-0.1, -0.05) is 20.8 Å². The van der Waals surface area contributed by atoms with Crippen LogP contribution in [0, 0.1) is 17.3 Å². The van der Waals surface area contributed by atoms with E-state index in [-0.39, 0.29) is 29.3 Å². The molecule has 0 spiro atoms. The van der Waals surface area contributed by atoms with E-state index in [1.807, 2.05) is 17.5 Å². The molecule has 3 amide bonds. The van der Waals surface area contributed by atoms with Gasteiger partial charge in [0.05, 0.1) is 10.9 Å². The number of nitrogens with zero attached hydrogens (tertiary/aromatic N) is 1. The Hall–Kier alpha value is -1.56. The maximum atomic E-state index is 12.8. The fourth-order valence-corrected chi connectivity index (χ4v) is 5.29. The lowest BCUT2D eigenvalue weighted by Gasteiger charge is -2.40. The first kappa shape index (κ1) is 19.2. The van der Waals surface area contributed by atoms with Crippen molar-refractivity contribution in [1.82, 2.24) is 10.2 Å². The quantitative estimate of drug-likeness (QED) is 0.824. The summed E-state index contributed by atoms with van der Waals surface area (Å²) in [5.41, 5.74) is 0.287. The molecular formula is C20H31N3O2S.